The maximum absolute atomic E-state index is 12.5. The molecular formula is C20H22N6O. The molecule has 4 N–H and O–H groups in total. The number of carbonyl (C=O) groups is 1. The van der Waals surface area contributed by atoms with Gasteiger partial charge in [0, 0.05) is 42.0 Å². The van der Waals surface area contributed by atoms with Crippen LogP contribution in [0.4, 0.5) is 5.69 Å². The second kappa shape index (κ2) is 7.41. The largest absolute Gasteiger partial charge is 0.392 e. The number of hydrogen-bond donors (Lipinski definition) is 4. The first-order chi connectivity index (χ1) is 12.9. The first kappa shape index (κ1) is 18.3. The molecular weight excluding hydrogens is 340 g/mol. The molecule has 0 atom stereocenters. The average Bonchev–Trinajstić information content (AvgIpc) is 2.96. The Hall–Kier alpha value is -3.48. The molecule has 1 aliphatic rings. The highest BCUT2D eigenvalue weighted by atomic mass is 16.2. The number of nitrogens with zero attached hydrogens (tertiary/aromatic N) is 2. The highest BCUT2D eigenvalue weighted by Crippen LogP contribution is 2.35. The summed E-state index contributed by atoms with van der Waals surface area (Å²) in [7, 11) is 1.79. The van der Waals surface area contributed by atoms with Gasteiger partial charge in [-0.25, -0.2) is 0 Å². The Morgan fingerprint density at radius 2 is 2.04 bits per heavy atom. The molecule has 1 aliphatic heterocycles. The lowest BCUT2D eigenvalue weighted by Crippen LogP contribution is -2.22. The van der Waals surface area contributed by atoms with Crippen LogP contribution in [0.3, 0.4) is 0 Å². The van der Waals surface area contributed by atoms with Gasteiger partial charge >= 0.3 is 0 Å². The van der Waals surface area contributed by atoms with Crippen LogP contribution in [-0.4, -0.2) is 28.8 Å². The maximum Gasteiger partial charge on any atom is 0.258 e. The number of anilines is 1. The molecule has 0 radical (unpaired) electrons. The fraction of sp³-hybridized carbons (Fsp3) is 0.200. The molecule has 2 aromatic rings. The molecule has 0 saturated heterocycles. The Labute approximate surface area is 158 Å². The minimum atomic E-state index is -0.209. The van der Waals surface area contributed by atoms with Crippen molar-refractivity contribution in [2.75, 3.05) is 12.4 Å². The number of amides is 1. The Morgan fingerprint density at radius 3 is 2.74 bits per heavy atom. The lowest BCUT2D eigenvalue weighted by Gasteiger charge is -2.10. The predicted octanol–water partition coefficient (Wildman–Crippen LogP) is 2.83. The predicted molar refractivity (Wildman–Crippen MR) is 107 cm³/mol. The Morgan fingerprint density at radius 1 is 1.26 bits per heavy atom. The van der Waals surface area contributed by atoms with Gasteiger partial charge in [0.05, 0.1) is 23.2 Å². The molecule has 0 spiro atoms. The molecule has 0 aliphatic carbocycles. The second-order valence-electron chi connectivity index (χ2n) is 6.38. The third kappa shape index (κ3) is 3.72. The topological polar surface area (TPSA) is 103 Å². The number of allylic oxidation sites excluding steroid dienone is 2. The van der Waals surface area contributed by atoms with Crippen molar-refractivity contribution in [1.82, 2.24) is 20.6 Å². The summed E-state index contributed by atoms with van der Waals surface area (Å²) in [4.78, 5) is 21.1. The summed E-state index contributed by atoms with van der Waals surface area (Å²) >= 11 is 0. The zero-order chi connectivity index (χ0) is 19.6. The monoisotopic (exact) mass is 362 g/mol. The van der Waals surface area contributed by atoms with Gasteiger partial charge in [0.1, 0.15) is 5.84 Å². The summed E-state index contributed by atoms with van der Waals surface area (Å²) in [6.07, 6.45) is 6.83. The van der Waals surface area contributed by atoms with E-state index in [0.717, 1.165) is 28.1 Å². The first-order valence-corrected chi connectivity index (χ1v) is 8.56. The number of amidine groups is 1. The van der Waals surface area contributed by atoms with Gasteiger partial charge in [-0.1, -0.05) is 0 Å². The van der Waals surface area contributed by atoms with Gasteiger partial charge in [0.2, 0.25) is 0 Å². The van der Waals surface area contributed by atoms with Gasteiger partial charge in [0.25, 0.3) is 5.91 Å². The number of carbonyl (C=O) groups excluding carboxylic acids is 1. The van der Waals surface area contributed by atoms with E-state index in [4.69, 9.17) is 5.41 Å². The van der Waals surface area contributed by atoms with Crippen molar-refractivity contribution in [2.24, 2.45) is 0 Å². The van der Waals surface area contributed by atoms with Gasteiger partial charge in [0.15, 0.2) is 0 Å². The zero-order valence-electron chi connectivity index (χ0n) is 15.8. The van der Waals surface area contributed by atoms with E-state index in [9.17, 15) is 4.79 Å². The van der Waals surface area contributed by atoms with Crippen molar-refractivity contribution in [3.05, 3.63) is 59.3 Å². The third-order valence-corrected chi connectivity index (χ3v) is 4.42. The molecule has 3 heterocycles. The van der Waals surface area contributed by atoms with Crippen LogP contribution >= 0.6 is 0 Å². The van der Waals surface area contributed by atoms with Crippen LogP contribution in [0.5, 0.6) is 0 Å². The van der Waals surface area contributed by atoms with E-state index in [-0.39, 0.29) is 11.7 Å². The summed E-state index contributed by atoms with van der Waals surface area (Å²) in [5.74, 6) is -0.00976. The van der Waals surface area contributed by atoms with Gasteiger partial charge in [-0.15, -0.1) is 0 Å². The van der Waals surface area contributed by atoms with E-state index >= 15 is 0 Å². The molecule has 0 bridgehead atoms. The van der Waals surface area contributed by atoms with E-state index in [1.165, 1.54) is 0 Å². The minimum absolute atomic E-state index is 0.200. The molecule has 2 aromatic heterocycles. The molecule has 138 valence electrons. The highest BCUT2D eigenvalue weighted by molar-refractivity contribution is 6.32. The summed E-state index contributed by atoms with van der Waals surface area (Å²) in [6.45, 7) is 5.65. The van der Waals surface area contributed by atoms with Crippen molar-refractivity contribution in [2.45, 2.75) is 20.8 Å². The summed E-state index contributed by atoms with van der Waals surface area (Å²) in [6, 6.07) is 3.81. The van der Waals surface area contributed by atoms with Crippen LogP contribution < -0.4 is 16.0 Å². The number of hydrogen-bond acceptors (Lipinski definition) is 5. The summed E-state index contributed by atoms with van der Waals surface area (Å²) in [5.41, 5.74) is 6.12. The van der Waals surface area contributed by atoms with Crippen LogP contribution in [0.25, 0.3) is 16.8 Å². The SMILES string of the molecule is CN/C(C)=C\C(=N)N/C(C)=C1\C(=O)Nc2cnc(-c3cnccc3C)cc21. The van der Waals surface area contributed by atoms with Gasteiger partial charge in [-0.05, 0) is 44.5 Å². The molecule has 1 amide bonds. The fourth-order valence-corrected chi connectivity index (χ4v) is 2.91. The molecule has 7 nitrogen and oxygen atoms in total. The Bertz CT molecular complexity index is 990. The number of rotatable bonds is 4. The average molecular weight is 362 g/mol. The van der Waals surface area contributed by atoms with E-state index in [2.05, 4.69) is 25.9 Å². The third-order valence-electron chi connectivity index (χ3n) is 4.42. The number of pyridine rings is 2. The van der Waals surface area contributed by atoms with Crippen molar-refractivity contribution in [1.29, 1.82) is 5.41 Å². The van der Waals surface area contributed by atoms with E-state index in [1.807, 2.05) is 26.0 Å². The van der Waals surface area contributed by atoms with Crippen LogP contribution in [-0.2, 0) is 4.79 Å². The van der Waals surface area contributed by atoms with Gasteiger partial charge in [-0.3, -0.25) is 20.2 Å². The van der Waals surface area contributed by atoms with Crippen molar-refractivity contribution >= 4 is 23.0 Å². The van der Waals surface area contributed by atoms with Crippen LogP contribution in [0.2, 0.25) is 0 Å². The second-order valence-corrected chi connectivity index (χ2v) is 6.38. The van der Waals surface area contributed by atoms with Crippen molar-refractivity contribution in [3.63, 3.8) is 0 Å². The normalized spacial score (nSPS) is 15.1. The van der Waals surface area contributed by atoms with Gasteiger partial charge in [-0.2, -0.15) is 0 Å². The summed E-state index contributed by atoms with van der Waals surface area (Å²) in [5, 5.41) is 16.8. The number of nitrogens with one attached hydrogen (secondary N) is 4. The maximum atomic E-state index is 12.5. The molecule has 3 rings (SSSR count). The molecule has 7 heteroatoms. The number of aromatic nitrogens is 2. The lowest BCUT2D eigenvalue weighted by atomic mass is 10.0. The summed E-state index contributed by atoms with van der Waals surface area (Å²) < 4.78 is 0. The van der Waals surface area contributed by atoms with Crippen LogP contribution in [0.1, 0.15) is 25.0 Å². The Kier molecular flexibility index (Phi) is 5.03. The molecule has 0 fully saturated rings. The zero-order valence-corrected chi connectivity index (χ0v) is 15.8. The van der Waals surface area contributed by atoms with E-state index < -0.39 is 0 Å². The molecule has 27 heavy (non-hydrogen) atoms. The van der Waals surface area contributed by atoms with Gasteiger partial charge < -0.3 is 16.0 Å². The number of fused-ring (bicyclic) bond motifs is 1. The van der Waals surface area contributed by atoms with Crippen molar-refractivity contribution in [3.8, 4) is 11.3 Å². The highest BCUT2D eigenvalue weighted by Gasteiger charge is 2.27. The fourth-order valence-electron chi connectivity index (χ4n) is 2.91. The lowest BCUT2D eigenvalue weighted by molar-refractivity contribution is -0.110. The first-order valence-electron chi connectivity index (χ1n) is 8.56. The van der Waals surface area contributed by atoms with E-state index in [1.54, 1.807) is 38.6 Å². The molecule has 0 saturated carbocycles. The molecule has 0 aromatic carbocycles. The van der Waals surface area contributed by atoms with Crippen molar-refractivity contribution < 1.29 is 4.79 Å². The quantitative estimate of drug-likeness (QED) is 0.380. The standard InChI is InChI=1S/C20H22N6O/c1-11-5-6-23-9-15(11)16-8-14-17(10-24-16)26-20(27)19(14)13(3)25-18(21)7-12(2)22-4/h5-10,22H,1-4H3,(H2,21,25)(H,26,27)/b12-7-,19-13-. The van der Waals surface area contributed by atoms with E-state index in [0.29, 0.717) is 17.0 Å². The number of aryl methyl sites for hydroxylation is 1. The minimum Gasteiger partial charge on any atom is -0.392 e. The molecule has 0 unspecified atom stereocenters. The smallest absolute Gasteiger partial charge is 0.258 e. The van der Waals surface area contributed by atoms with Crippen LogP contribution in [0, 0.1) is 12.3 Å². The Balaban J connectivity index is 2.01. The van der Waals surface area contributed by atoms with Crippen LogP contribution in [0.15, 0.2) is 48.2 Å².